The summed E-state index contributed by atoms with van der Waals surface area (Å²) in [7, 11) is 0. The van der Waals surface area contributed by atoms with Crippen LogP contribution in [0.2, 0.25) is 0 Å². The molecule has 5 heteroatoms. The number of fused-ring (bicyclic) bond motifs is 3. The fraction of sp³-hybridized carbons (Fsp3) is 0.267. The molecule has 3 nitrogen and oxygen atoms in total. The highest BCUT2D eigenvalue weighted by molar-refractivity contribution is 7.99. The zero-order valence-electron chi connectivity index (χ0n) is 20.4. The van der Waals surface area contributed by atoms with Crippen molar-refractivity contribution in [1.29, 1.82) is 0 Å². The van der Waals surface area contributed by atoms with E-state index in [1.165, 1.54) is 32.7 Å². The molecule has 0 saturated heterocycles. The highest BCUT2D eigenvalue weighted by atomic mass is 32.2. The summed E-state index contributed by atoms with van der Waals surface area (Å²) in [4.78, 5) is 12.6. The first kappa shape index (κ1) is 24.0. The Morgan fingerprint density at radius 1 is 0.857 bits per heavy atom. The summed E-state index contributed by atoms with van der Waals surface area (Å²) in [5, 5.41) is 2.25. The van der Waals surface area contributed by atoms with Crippen molar-refractivity contribution in [3.05, 3.63) is 90.8 Å². The van der Waals surface area contributed by atoms with Crippen LogP contribution < -0.4 is 0 Å². The first-order chi connectivity index (χ1) is 17.2. The second-order valence-electron chi connectivity index (χ2n) is 8.89. The molecule has 5 aromatic rings. The van der Waals surface area contributed by atoms with Crippen LogP contribution in [0.3, 0.4) is 0 Å². The lowest BCUT2D eigenvalue weighted by molar-refractivity contribution is 0.649. The molecular weight excluding hydrogens is 466 g/mol. The topological polar surface area (TPSA) is 30.7 Å². The largest absolute Gasteiger partial charge is 0.330 e. The molecule has 0 saturated carbocycles. The maximum atomic E-state index is 5.12. The zero-order valence-corrected chi connectivity index (χ0v) is 22.0. The molecule has 2 heterocycles. The van der Waals surface area contributed by atoms with Gasteiger partial charge in [0, 0.05) is 21.7 Å². The van der Waals surface area contributed by atoms with E-state index < -0.39 is 0 Å². The quantitative estimate of drug-likeness (QED) is 0.142. The SMILES string of the molecule is CCC(C)c1cccc2nc(Sc3ccccc3)c3ncn(CCCCSc4ccccc4)c3c12. The third kappa shape index (κ3) is 5.41. The number of pyridine rings is 1. The van der Waals surface area contributed by atoms with Crippen molar-refractivity contribution in [2.75, 3.05) is 5.75 Å². The Balaban J connectivity index is 1.47. The second kappa shape index (κ2) is 11.3. The van der Waals surface area contributed by atoms with E-state index in [0.29, 0.717) is 5.92 Å². The zero-order chi connectivity index (χ0) is 24.0. The Labute approximate surface area is 216 Å². The van der Waals surface area contributed by atoms with Crippen molar-refractivity contribution >= 4 is 45.5 Å². The lowest BCUT2D eigenvalue weighted by atomic mass is 9.94. The average molecular weight is 498 g/mol. The molecule has 0 N–H and O–H groups in total. The molecule has 1 atom stereocenters. The Bertz CT molecular complexity index is 1400. The minimum Gasteiger partial charge on any atom is -0.330 e. The number of rotatable bonds is 10. The highest BCUT2D eigenvalue weighted by Gasteiger charge is 2.19. The first-order valence-corrected chi connectivity index (χ1v) is 14.2. The van der Waals surface area contributed by atoms with Crippen LogP contribution in [0, 0.1) is 0 Å². The monoisotopic (exact) mass is 497 g/mol. The lowest BCUT2D eigenvalue weighted by Crippen LogP contribution is -2.01. The Kier molecular flexibility index (Phi) is 7.75. The van der Waals surface area contributed by atoms with E-state index >= 15 is 0 Å². The summed E-state index contributed by atoms with van der Waals surface area (Å²) in [6.07, 6.45) is 5.43. The molecule has 0 spiro atoms. The van der Waals surface area contributed by atoms with Gasteiger partial charge in [0.05, 0.1) is 17.4 Å². The maximum Gasteiger partial charge on any atom is 0.129 e. The summed E-state index contributed by atoms with van der Waals surface area (Å²) in [6.45, 7) is 5.54. The van der Waals surface area contributed by atoms with Gasteiger partial charge >= 0.3 is 0 Å². The van der Waals surface area contributed by atoms with Gasteiger partial charge in [0.15, 0.2) is 0 Å². The number of aryl methyl sites for hydroxylation is 1. The highest BCUT2D eigenvalue weighted by Crippen LogP contribution is 2.38. The van der Waals surface area contributed by atoms with Gasteiger partial charge in [0.2, 0.25) is 0 Å². The van der Waals surface area contributed by atoms with Crippen molar-refractivity contribution in [3.63, 3.8) is 0 Å². The van der Waals surface area contributed by atoms with Crippen LogP contribution in [0.5, 0.6) is 0 Å². The van der Waals surface area contributed by atoms with Gasteiger partial charge < -0.3 is 4.57 Å². The summed E-state index contributed by atoms with van der Waals surface area (Å²) in [5.41, 5.74) is 4.69. The van der Waals surface area contributed by atoms with E-state index in [1.54, 1.807) is 11.8 Å². The Morgan fingerprint density at radius 3 is 2.34 bits per heavy atom. The van der Waals surface area contributed by atoms with Crippen LogP contribution in [-0.4, -0.2) is 20.3 Å². The molecule has 2 aromatic heterocycles. The van der Waals surface area contributed by atoms with E-state index in [2.05, 4.69) is 97.3 Å². The van der Waals surface area contributed by atoms with Gasteiger partial charge in [-0.2, -0.15) is 0 Å². The number of nitrogens with zero attached hydrogens (tertiary/aromatic N) is 3. The van der Waals surface area contributed by atoms with Gasteiger partial charge in [-0.15, -0.1) is 11.8 Å². The molecule has 0 radical (unpaired) electrons. The van der Waals surface area contributed by atoms with Crippen LogP contribution in [0.4, 0.5) is 0 Å². The minimum absolute atomic E-state index is 0.474. The number of hydrogen-bond acceptors (Lipinski definition) is 4. The molecule has 5 rings (SSSR count). The van der Waals surface area contributed by atoms with Crippen LogP contribution in [0.25, 0.3) is 21.9 Å². The van der Waals surface area contributed by atoms with Crippen molar-refractivity contribution < 1.29 is 0 Å². The Morgan fingerprint density at radius 2 is 1.60 bits per heavy atom. The van der Waals surface area contributed by atoms with Gasteiger partial charge in [0.1, 0.15) is 10.5 Å². The summed E-state index contributed by atoms with van der Waals surface area (Å²) >= 11 is 3.64. The molecular formula is C30H31N3S2. The first-order valence-electron chi connectivity index (χ1n) is 12.4. The van der Waals surface area contributed by atoms with Crippen molar-refractivity contribution in [3.8, 4) is 0 Å². The normalized spacial score (nSPS) is 12.4. The molecule has 3 aromatic carbocycles. The van der Waals surface area contributed by atoms with E-state index in [0.717, 1.165) is 41.2 Å². The lowest BCUT2D eigenvalue weighted by Gasteiger charge is -2.16. The van der Waals surface area contributed by atoms with E-state index in [-0.39, 0.29) is 0 Å². The van der Waals surface area contributed by atoms with Gasteiger partial charge in [-0.3, -0.25) is 0 Å². The van der Waals surface area contributed by atoms with E-state index in [4.69, 9.17) is 9.97 Å². The summed E-state index contributed by atoms with van der Waals surface area (Å²) in [6, 6.07) is 27.7. The molecule has 0 aliphatic carbocycles. The molecule has 178 valence electrons. The number of thioether (sulfide) groups is 1. The molecule has 0 amide bonds. The molecule has 35 heavy (non-hydrogen) atoms. The summed E-state index contributed by atoms with van der Waals surface area (Å²) < 4.78 is 2.37. The van der Waals surface area contributed by atoms with Crippen molar-refractivity contribution in [2.45, 2.75) is 60.4 Å². The number of benzene rings is 3. The van der Waals surface area contributed by atoms with E-state index in [1.807, 2.05) is 18.1 Å². The van der Waals surface area contributed by atoms with Crippen molar-refractivity contribution in [1.82, 2.24) is 14.5 Å². The van der Waals surface area contributed by atoms with Gasteiger partial charge in [-0.1, -0.05) is 74.1 Å². The predicted octanol–water partition coefficient (Wildman–Crippen LogP) is 8.82. The number of imidazole rings is 1. The van der Waals surface area contributed by atoms with Crippen LogP contribution in [-0.2, 0) is 6.54 Å². The van der Waals surface area contributed by atoms with Gasteiger partial charge in [0.25, 0.3) is 0 Å². The van der Waals surface area contributed by atoms with Gasteiger partial charge in [-0.05, 0) is 66.8 Å². The fourth-order valence-electron chi connectivity index (χ4n) is 4.43. The average Bonchev–Trinajstić information content (AvgIpc) is 3.33. The maximum absolute atomic E-state index is 5.12. The molecule has 0 aliphatic rings. The molecule has 0 fully saturated rings. The van der Waals surface area contributed by atoms with Gasteiger partial charge in [-0.25, -0.2) is 9.97 Å². The second-order valence-corrected chi connectivity index (χ2v) is 11.1. The number of unbranched alkanes of at least 4 members (excludes halogenated alkanes) is 1. The van der Waals surface area contributed by atoms with Crippen LogP contribution in [0.15, 0.2) is 100 Å². The van der Waals surface area contributed by atoms with Crippen LogP contribution >= 0.6 is 23.5 Å². The third-order valence-electron chi connectivity index (χ3n) is 6.48. The Hall–Kier alpha value is -2.76. The van der Waals surface area contributed by atoms with E-state index in [9.17, 15) is 0 Å². The standard InChI is InChI=1S/C30H31N3S2/c1-3-22(2)25-17-12-18-26-27(25)29-28(30(32-26)35-24-15-8-5-9-16-24)31-21-33(29)19-10-11-20-34-23-13-6-4-7-14-23/h4-9,12-18,21-22H,3,10-11,19-20H2,1-2H3. The molecule has 0 aliphatic heterocycles. The number of hydrogen-bond donors (Lipinski definition) is 0. The van der Waals surface area contributed by atoms with Crippen LogP contribution in [0.1, 0.15) is 44.6 Å². The summed E-state index contributed by atoms with van der Waals surface area (Å²) in [5.74, 6) is 1.61. The van der Waals surface area contributed by atoms with Crippen molar-refractivity contribution in [2.24, 2.45) is 0 Å². The molecule has 1 unspecified atom stereocenters. The molecule has 0 bridgehead atoms. The third-order valence-corrected chi connectivity index (χ3v) is 8.56. The minimum atomic E-state index is 0.474. The smallest absolute Gasteiger partial charge is 0.129 e. The predicted molar refractivity (Wildman–Crippen MR) is 151 cm³/mol. The fourth-order valence-corrected chi connectivity index (χ4v) is 6.27. The number of aromatic nitrogens is 3.